The van der Waals surface area contributed by atoms with Crippen molar-refractivity contribution in [2.75, 3.05) is 0 Å². The molecule has 0 saturated heterocycles. The fourth-order valence-corrected chi connectivity index (χ4v) is 0.194. The van der Waals surface area contributed by atoms with Crippen LogP contribution >= 0.6 is 0 Å². The van der Waals surface area contributed by atoms with Gasteiger partial charge in [-0.2, -0.15) is 0 Å². The van der Waals surface area contributed by atoms with Crippen molar-refractivity contribution >= 4 is 0 Å². The average Bonchev–Trinajstić information content (AvgIpc) is 1.87. The van der Waals surface area contributed by atoms with E-state index in [9.17, 15) is 0 Å². The van der Waals surface area contributed by atoms with Gasteiger partial charge in [0.25, 0.3) is 0 Å². The molecular weight excluding hydrogens is 108 g/mol. The molecule has 0 aromatic heterocycles. The van der Waals surface area contributed by atoms with Crippen molar-refractivity contribution in [3.63, 3.8) is 0 Å². The molecule has 50 valence electrons. The summed E-state index contributed by atoms with van der Waals surface area (Å²) in [5.74, 6) is 8.83. The second-order valence-corrected chi connectivity index (χ2v) is 1.72. The molecule has 0 spiro atoms. The minimum atomic E-state index is -0.819. The molecule has 0 saturated carbocycles. The van der Waals surface area contributed by atoms with Gasteiger partial charge in [0.05, 0.1) is 0 Å². The van der Waals surface area contributed by atoms with Crippen LogP contribution in [0.2, 0.25) is 0 Å². The van der Waals surface area contributed by atoms with Gasteiger partial charge in [-0.05, 0) is 6.92 Å². The van der Waals surface area contributed by atoms with Crippen molar-refractivity contribution in [3.05, 3.63) is 0 Å². The summed E-state index contributed by atoms with van der Waals surface area (Å²) in [6, 6.07) is 0. The molecule has 0 atom stereocenters. The summed E-state index contributed by atoms with van der Waals surface area (Å²) in [7, 11) is 0. The average molecular weight is 120 g/mol. The summed E-state index contributed by atoms with van der Waals surface area (Å²) in [5.41, 5.74) is 0. The predicted octanol–water partition coefficient (Wildman–Crippen LogP) is -0.107. The number of rotatable bonds is 3. The second kappa shape index (κ2) is 2.99. The van der Waals surface area contributed by atoms with Crippen molar-refractivity contribution in [2.24, 2.45) is 11.8 Å². The van der Waals surface area contributed by atoms with E-state index < -0.39 is 5.79 Å². The summed E-state index contributed by atoms with van der Waals surface area (Å²) < 4.78 is 0. The maximum Gasteiger partial charge on any atom is 0.202 e. The first-order valence-corrected chi connectivity index (χ1v) is 2.44. The quantitative estimate of drug-likeness (QED) is 0.403. The molecule has 0 aromatic carbocycles. The highest BCUT2D eigenvalue weighted by Gasteiger charge is 2.20. The van der Waals surface area contributed by atoms with E-state index in [0.29, 0.717) is 6.42 Å². The molecular formula is C4H12N2O2. The number of hydrogen-bond donors (Lipinski definition) is 2. The van der Waals surface area contributed by atoms with Gasteiger partial charge in [-0.1, -0.05) is 6.92 Å². The van der Waals surface area contributed by atoms with Gasteiger partial charge in [-0.3, -0.25) is 9.68 Å². The third-order valence-electron chi connectivity index (χ3n) is 1.14. The Kier molecular flexibility index (Phi) is 2.93. The van der Waals surface area contributed by atoms with Gasteiger partial charge in [0.15, 0.2) is 0 Å². The van der Waals surface area contributed by atoms with E-state index in [1.54, 1.807) is 6.92 Å². The lowest BCUT2D eigenvalue weighted by molar-refractivity contribution is -0.233. The van der Waals surface area contributed by atoms with Crippen LogP contribution in [0.15, 0.2) is 0 Å². The lowest BCUT2D eigenvalue weighted by atomic mass is 10.2. The Labute approximate surface area is 48.6 Å². The summed E-state index contributed by atoms with van der Waals surface area (Å²) in [4.78, 5) is 8.78. The molecule has 0 amide bonds. The first kappa shape index (κ1) is 7.84. The Morgan fingerprint density at radius 3 is 1.75 bits per heavy atom. The maximum absolute atomic E-state index is 4.82. The van der Waals surface area contributed by atoms with Crippen LogP contribution in [0.5, 0.6) is 0 Å². The van der Waals surface area contributed by atoms with E-state index >= 15 is 0 Å². The standard InChI is InChI=1S/C4H12N2O2/c1-3-4(2,7-5)8-6/h3,5-6H2,1-2H3. The minimum absolute atomic E-state index is 0.625. The van der Waals surface area contributed by atoms with E-state index in [2.05, 4.69) is 9.68 Å². The van der Waals surface area contributed by atoms with Crippen molar-refractivity contribution in [2.45, 2.75) is 26.1 Å². The number of hydrogen-bond acceptors (Lipinski definition) is 4. The highest BCUT2D eigenvalue weighted by atomic mass is 16.8. The van der Waals surface area contributed by atoms with Gasteiger partial charge < -0.3 is 0 Å². The highest BCUT2D eigenvalue weighted by Crippen LogP contribution is 2.10. The molecule has 0 aliphatic rings. The second-order valence-electron chi connectivity index (χ2n) is 1.72. The zero-order chi connectivity index (χ0) is 6.62. The smallest absolute Gasteiger partial charge is 0.202 e. The van der Waals surface area contributed by atoms with Crippen molar-refractivity contribution in [3.8, 4) is 0 Å². The van der Waals surface area contributed by atoms with E-state index in [1.165, 1.54) is 0 Å². The van der Waals surface area contributed by atoms with Crippen molar-refractivity contribution in [1.29, 1.82) is 0 Å². The van der Waals surface area contributed by atoms with Crippen LogP contribution in [-0.2, 0) is 9.68 Å². The molecule has 0 fully saturated rings. The minimum Gasteiger partial charge on any atom is -0.268 e. The highest BCUT2D eigenvalue weighted by molar-refractivity contribution is 4.54. The molecule has 0 aliphatic carbocycles. The van der Waals surface area contributed by atoms with E-state index in [-0.39, 0.29) is 0 Å². The molecule has 0 radical (unpaired) electrons. The van der Waals surface area contributed by atoms with E-state index in [1.807, 2.05) is 6.92 Å². The number of nitrogens with two attached hydrogens (primary N) is 2. The molecule has 0 aliphatic heterocycles. The predicted molar refractivity (Wildman–Crippen MR) is 29.2 cm³/mol. The summed E-state index contributed by atoms with van der Waals surface area (Å²) in [6.45, 7) is 3.52. The molecule has 0 heterocycles. The maximum atomic E-state index is 4.82. The zero-order valence-electron chi connectivity index (χ0n) is 5.18. The SMILES string of the molecule is CCC(C)(ON)ON. The van der Waals surface area contributed by atoms with Gasteiger partial charge in [-0.15, -0.1) is 0 Å². The Balaban J connectivity index is 3.58. The van der Waals surface area contributed by atoms with Crippen LogP contribution in [0.25, 0.3) is 0 Å². The van der Waals surface area contributed by atoms with Gasteiger partial charge in [-0.25, -0.2) is 11.8 Å². The Morgan fingerprint density at radius 2 is 1.75 bits per heavy atom. The molecule has 8 heavy (non-hydrogen) atoms. The summed E-state index contributed by atoms with van der Waals surface area (Å²) in [6.07, 6.45) is 0.625. The third kappa shape index (κ3) is 1.75. The molecule has 0 rings (SSSR count). The Hall–Kier alpha value is -0.160. The molecule has 4 heteroatoms. The van der Waals surface area contributed by atoms with Crippen LogP contribution in [-0.4, -0.2) is 5.79 Å². The molecule has 0 bridgehead atoms. The van der Waals surface area contributed by atoms with Crippen LogP contribution < -0.4 is 11.8 Å². The summed E-state index contributed by atoms with van der Waals surface area (Å²) >= 11 is 0. The van der Waals surface area contributed by atoms with Crippen LogP contribution in [0.3, 0.4) is 0 Å². The van der Waals surface area contributed by atoms with Gasteiger partial charge in [0.1, 0.15) is 0 Å². The van der Waals surface area contributed by atoms with Gasteiger partial charge in [0.2, 0.25) is 5.79 Å². The Bertz CT molecular complexity index is 54.8. The Morgan fingerprint density at radius 1 is 1.38 bits per heavy atom. The topological polar surface area (TPSA) is 70.5 Å². The molecule has 0 unspecified atom stereocenters. The lowest BCUT2D eigenvalue weighted by Gasteiger charge is -2.21. The van der Waals surface area contributed by atoms with Crippen molar-refractivity contribution in [1.82, 2.24) is 0 Å². The van der Waals surface area contributed by atoms with Crippen LogP contribution in [0.1, 0.15) is 20.3 Å². The first-order valence-electron chi connectivity index (χ1n) is 2.44. The summed E-state index contributed by atoms with van der Waals surface area (Å²) in [5, 5.41) is 0. The fourth-order valence-electron chi connectivity index (χ4n) is 0.194. The normalized spacial score (nSPS) is 12.0. The lowest BCUT2D eigenvalue weighted by Crippen LogP contribution is -2.36. The fraction of sp³-hybridized carbons (Fsp3) is 1.00. The molecule has 0 aromatic rings. The van der Waals surface area contributed by atoms with Gasteiger partial charge >= 0.3 is 0 Å². The van der Waals surface area contributed by atoms with E-state index in [0.717, 1.165) is 0 Å². The zero-order valence-corrected chi connectivity index (χ0v) is 5.18. The molecule has 4 nitrogen and oxygen atoms in total. The van der Waals surface area contributed by atoms with Crippen LogP contribution in [0.4, 0.5) is 0 Å². The van der Waals surface area contributed by atoms with Crippen LogP contribution in [0, 0.1) is 0 Å². The largest absolute Gasteiger partial charge is 0.268 e. The molecule has 4 N–H and O–H groups in total. The van der Waals surface area contributed by atoms with E-state index in [4.69, 9.17) is 11.8 Å². The monoisotopic (exact) mass is 120 g/mol. The van der Waals surface area contributed by atoms with Gasteiger partial charge in [0, 0.05) is 6.42 Å². The first-order chi connectivity index (χ1) is 3.68. The third-order valence-corrected chi connectivity index (χ3v) is 1.14. The van der Waals surface area contributed by atoms with Crippen molar-refractivity contribution < 1.29 is 9.68 Å².